The van der Waals surface area contributed by atoms with E-state index in [2.05, 4.69) is 9.88 Å². The van der Waals surface area contributed by atoms with E-state index in [-0.39, 0.29) is 11.6 Å². The van der Waals surface area contributed by atoms with Gasteiger partial charge >= 0.3 is 0 Å². The number of carbonyl (C=O) groups excluding carboxylic acids is 1. The van der Waals surface area contributed by atoms with Gasteiger partial charge in [-0.25, -0.2) is 0 Å². The second-order valence-electron chi connectivity index (χ2n) is 7.73. The summed E-state index contributed by atoms with van der Waals surface area (Å²) in [6.07, 6.45) is 5.77. The Hall–Kier alpha value is -3.00. The van der Waals surface area contributed by atoms with Crippen LogP contribution in [0, 0.1) is 10.1 Å². The second kappa shape index (κ2) is 8.57. The van der Waals surface area contributed by atoms with E-state index in [4.69, 9.17) is 0 Å². The Labute approximate surface area is 169 Å². The van der Waals surface area contributed by atoms with Gasteiger partial charge in [0.1, 0.15) is 6.54 Å². The number of non-ortho nitro benzene ring substituents is 1. The fraction of sp³-hybridized carbons (Fsp3) is 0.429. The van der Waals surface area contributed by atoms with E-state index in [0.29, 0.717) is 18.7 Å². The highest BCUT2D eigenvalue weighted by atomic mass is 16.6. The number of pyridine rings is 1. The fourth-order valence-corrected chi connectivity index (χ4v) is 4.21. The number of nitrogens with zero attached hydrogens (tertiary/aromatic N) is 4. The molecule has 8 nitrogen and oxygen atoms in total. The molecule has 29 heavy (non-hydrogen) atoms. The summed E-state index contributed by atoms with van der Waals surface area (Å²) in [6.45, 7) is 5.73. The third-order valence-corrected chi connectivity index (χ3v) is 5.83. The van der Waals surface area contributed by atoms with Crippen LogP contribution in [-0.4, -0.2) is 60.0 Å². The van der Waals surface area contributed by atoms with Crippen molar-refractivity contribution >= 4 is 17.3 Å². The van der Waals surface area contributed by atoms with Crippen LogP contribution in [0.2, 0.25) is 0 Å². The molecule has 2 aliphatic heterocycles. The van der Waals surface area contributed by atoms with Crippen LogP contribution in [0.15, 0.2) is 42.7 Å². The van der Waals surface area contributed by atoms with E-state index in [1.54, 1.807) is 18.5 Å². The Morgan fingerprint density at radius 3 is 2.41 bits per heavy atom. The molecule has 2 aromatic rings. The fourth-order valence-electron chi connectivity index (χ4n) is 4.21. The number of benzene rings is 1. The Morgan fingerprint density at radius 1 is 1.07 bits per heavy atom. The molecular formula is C21H26N5O3+. The van der Waals surface area contributed by atoms with E-state index >= 15 is 0 Å². The van der Waals surface area contributed by atoms with Gasteiger partial charge in [0.05, 0.1) is 42.4 Å². The summed E-state index contributed by atoms with van der Waals surface area (Å²) in [5.41, 5.74) is 2.49. The van der Waals surface area contributed by atoms with Crippen molar-refractivity contribution in [2.45, 2.75) is 19.4 Å². The summed E-state index contributed by atoms with van der Waals surface area (Å²) in [5.74, 6) is -0.0986. The molecule has 0 bridgehead atoms. The van der Waals surface area contributed by atoms with E-state index in [1.165, 1.54) is 22.6 Å². The van der Waals surface area contributed by atoms with Gasteiger partial charge in [0.2, 0.25) is 0 Å². The zero-order valence-electron chi connectivity index (χ0n) is 16.4. The number of carbonyl (C=O) groups is 1. The molecule has 8 heteroatoms. The zero-order valence-corrected chi connectivity index (χ0v) is 16.4. The molecule has 1 aromatic heterocycles. The van der Waals surface area contributed by atoms with Crippen LogP contribution in [0.3, 0.4) is 0 Å². The van der Waals surface area contributed by atoms with Gasteiger partial charge in [-0.05, 0) is 31.0 Å². The van der Waals surface area contributed by atoms with Crippen molar-refractivity contribution in [2.24, 2.45) is 0 Å². The summed E-state index contributed by atoms with van der Waals surface area (Å²) in [4.78, 5) is 33.6. The first-order chi connectivity index (χ1) is 14.1. The Kier molecular flexibility index (Phi) is 5.71. The summed E-state index contributed by atoms with van der Waals surface area (Å²) < 4.78 is 0. The van der Waals surface area contributed by atoms with Gasteiger partial charge in [-0.2, -0.15) is 0 Å². The number of amides is 1. The van der Waals surface area contributed by atoms with Crippen molar-refractivity contribution in [3.63, 3.8) is 0 Å². The standard InChI is InChI=1S/C21H25N5O3/c27-21(25-13-11-23(12-14-25)16-17-5-7-22-8-6-17)19-15-18(26(28)29)3-4-20(19)24-9-1-2-10-24/h3-8,15H,1-2,9-14,16H2/p+1. The molecule has 4 rings (SSSR count). The first kappa shape index (κ1) is 19.3. The number of quaternary nitrogens is 1. The number of rotatable bonds is 5. The number of anilines is 1. The van der Waals surface area contributed by atoms with Crippen molar-refractivity contribution in [1.29, 1.82) is 0 Å². The molecule has 0 saturated carbocycles. The third-order valence-electron chi connectivity index (χ3n) is 5.83. The van der Waals surface area contributed by atoms with Gasteiger partial charge in [-0.15, -0.1) is 0 Å². The number of nitro groups is 1. The van der Waals surface area contributed by atoms with Crippen LogP contribution < -0.4 is 9.80 Å². The highest BCUT2D eigenvalue weighted by molar-refractivity contribution is 6.00. The first-order valence-electron chi connectivity index (χ1n) is 10.2. The molecule has 3 heterocycles. The van der Waals surface area contributed by atoms with Crippen molar-refractivity contribution in [1.82, 2.24) is 9.88 Å². The minimum Gasteiger partial charge on any atom is -0.371 e. The lowest BCUT2D eigenvalue weighted by molar-refractivity contribution is -0.917. The molecule has 0 spiro atoms. The predicted molar refractivity (Wildman–Crippen MR) is 109 cm³/mol. The first-order valence-corrected chi connectivity index (χ1v) is 10.2. The van der Waals surface area contributed by atoms with Crippen molar-refractivity contribution < 1.29 is 14.6 Å². The lowest BCUT2D eigenvalue weighted by Gasteiger charge is -2.33. The molecule has 1 N–H and O–H groups in total. The highest BCUT2D eigenvalue weighted by Gasteiger charge is 2.29. The van der Waals surface area contributed by atoms with Crippen LogP contribution in [0.25, 0.3) is 0 Å². The Morgan fingerprint density at radius 2 is 1.76 bits per heavy atom. The molecule has 0 radical (unpaired) electrons. The number of piperazine rings is 1. The number of nitrogens with one attached hydrogen (secondary N) is 1. The maximum absolute atomic E-state index is 13.3. The highest BCUT2D eigenvalue weighted by Crippen LogP contribution is 2.29. The van der Waals surface area contributed by atoms with Gasteiger partial charge in [0, 0.05) is 43.2 Å². The number of aromatic nitrogens is 1. The largest absolute Gasteiger partial charge is 0.371 e. The number of hydrogen-bond donors (Lipinski definition) is 1. The second-order valence-corrected chi connectivity index (χ2v) is 7.73. The van der Waals surface area contributed by atoms with Gasteiger partial charge in [0.15, 0.2) is 0 Å². The number of hydrogen-bond acceptors (Lipinski definition) is 5. The van der Waals surface area contributed by atoms with Crippen LogP contribution in [0.1, 0.15) is 28.8 Å². The van der Waals surface area contributed by atoms with Crippen molar-refractivity contribution in [3.8, 4) is 0 Å². The predicted octanol–water partition coefficient (Wildman–Crippen LogP) is 1.13. The Balaban J connectivity index is 1.47. The topological polar surface area (TPSA) is 84.0 Å². The lowest BCUT2D eigenvalue weighted by Crippen LogP contribution is -3.13. The SMILES string of the molecule is O=C(c1cc([N+](=O)[O-])ccc1N1CCCC1)N1CC[NH+](Cc2ccncc2)CC1. The molecule has 2 saturated heterocycles. The summed E-state index contributed by atoms with van der Waals surface area (Å²) in [7, 11) is 0. The molecule has 1 aromatic carbocycles. The summed E-state index contributed by atoms with van der Waals surface area (Å²) in [6, 6.07) is 8.74. The molecule has 0 unspecified atom stereocenters. The average Bonchev–Trinajstić information content (AvgIpc) is 3.29. The van der Waals surface area contributed by atoms with E-state index in [0.717, 1.165) is 51.3 Å². The monoisotopic (exact) mass is 396 g/mol. The molecular weight excluding hydrogens is 370 g/mol. The zero-order chi connectivity index (χ0) is 20.2. The summed E-state index contributed by atoms with van der Waals surface area (Å²) >= 11 is 0. The van der Waals surface area contributed by atoms with Gasteiger partial charge < -0.3 is 14.7 Å². The van der Waals surface area contributed by atoms with Crippen LogP contribution in [0.4, 0.5) is 11.4 Å². The number of nitro benzene ring substituents is 1. The van der Waals surface area contributed by atoms with Gasteiger partial charge in [-0.1, -0.05) is 0 Å². The molecule has 0 atom stereocenters. The third kappa shape index (κ3) is 4.37. The maximum Gasteiger partial charge on any atom is 0.270 e. The lowest BCUT2D eigenvalue weighted by atomic mass is 10.1. The minimum absolute atomic E-state index is 0.0294. The van der Waals surface area contributed by atoms with Crippen LogP contribution >= 0.6 is 0 Å². The minimum atomic E-state index is -0.429. The average molecular weight is 396 g/mol. The summed E-state index contributed by atoms with van der Waals surface area (Å²) in [5, 5.41) is 11.3. The molecule has 1 amide bonds. The van der Waals surface area contributed by atoms with Gasteiger partial charge in [0.25, 0.3) is 11.6 Å². The quantitative estimate of drug-likeness (QED) is 0.605. The van der Waals surface area contributed by atoms with Crippen molar-refractivity contribution in [2.75, 3.05) is 44.2 Å². The molecule has 152 valence electrons. The molecule has 2 fully saturated rings. The van der Waals surface area contributed by atoms with Gasteiger partial charge in [-0.3, -0.25) is 19.9 Å². The van der Waals surface area contributed by atoms with E-state index in [1.807, 2.05) is 17.0 Å². The Bertz CT molecular complexity index is 875. The molecule has 2 aliphatic rings. The van der Waals surface area contributed by atoms with E-state index < -0.39 is 4.92 Å². The van der Waals surface area contributed by atoms with Crippen LogP contribution in [0.5, 0.6) is 0 Å². The van der Waals surface area contributed by atoms with E-state index in [9.17, 15) is 14.9 Å². The smallest absolute Gasteiger partial charge is 0.270 e. The maximum atomic E-state index is 13.3. The van der Waals surface area contributed by atoms with Crippen LogP contribution in [-0.2, 0) is 6.54 Å². The normalized spacial score (nSPS) is 17.5. The molecule has 0 aliphatic carbocycles. The van der Waals surface area contributed by atoms with Crippen molar-refractivity contribution in [3.05, 3.63) is 64.0 Å².